The molecule has 0 aliphatic rings. The van der Waals surface area contributed by atoms with Crippen molar-refractivity contribution in [3.8, 4) is 0 Å². The van der Waals surface area contributed by atoms with Crippen molar-refractivity contribution >= 4 is 44.3 Å². The Kier molecular flexibility index (Phi) is 3.28. The quantitative estimate of drug-likeness (QED) is 0.745. The molecule has 3 N–H and O–H groups in total. The van der Waals surface area contributed by atoms with Gasteiger partial charge in [0, 0.05) is 10.2 Å². The number of anilines is 3. The number of fused-ring (bicyclic) bond motifs is 1. The van der Waals surface area contributed by atoms with E-state index in [4.69, 9.17) is 5.73 Å². The second kappa shape index (κ2) is 5.09. The van der Waals surface area contributed by atoms with Crippen molar-refractivity contribution in [1.29, 1.82) is 0 Å². The van der Waals surface area contributed by atoms with E-state index in [0.29, 0.717) is 11.6 Å². The monoisotopic (exact) mass is 328 g/mol. The van der Waals surface area contributed by atoms with Crippen LogP contribution in [0.3, 0.4) is 0 Å². The van der Waals surface area contributed by atoms with E-state index in [-0.39, 0.29) is 0 Å². The predicted molar refractivity (Wildman–Crippen MR) is 86.1 cm³/mol. The largest absolute Gasteiger partial charge is 0.381 e. The molecule has 3 aromatic rings. The highest BCUT2D eigenvalue weighted by Gasteiger charge is 2.06. The summed E-state index contributed by atoms with van der Waals surface area (Å²) in [6.07, 6.45) is 0. The summed E-state index contributed by atoms with van der Waals surface area (Å²) in [7, 11) is 0. The normalized spacial score (nSPS) is 10.7. The average molecular weight is 329 g/mol. The molecule has 0 saturated heterocycles. The second-order valence-electron chi connectivity index (χ2n) is 4.54. The molecule has 0 unspecified atom stereocenters. The molecule has 0 bridgehead atoms. The summed E-state index contributed by atoms with van der Waals surface area (Å²) in [5, 5.41) is 3.21. The summed E-state index contributed by atoms with van der Waals surface area (Å²) < 4.78 is 1.07. The molecule has 1 heterocycles. The minimum absolute atomic E-state index is 0.393. The molecular formula is C15H13BrN4. The van der Waals surface area contributed by atoms with Crippen molar-refractivity contribution in [3.63, 3.8) is 0 Å². The number of hydrogen-bond acceptors (Lipinski definition) is 4. The molecule has 0 atom stereocenters. The van der Waals surface area contributed by atoms with Crippen LogP contribution < -0.4 is 11.1 Å². The second-order valence-corrected chi connectivity index (χ2v) is 5.39. The van der Waals surface area contributed by atoms with Crippen molar-refractivity contribution in [3.05, 3.63) is 52.5 Å². The number of benzene rings is 2. The zero-order valence-electron chi connectivity index (χ0n) is 10.9. The van der Waals surface area contributed by atoms with E-state index in [1.807, 2.05) is 49.4 Å². The SMILES string of the molecule is Cc1cc(Nc2nc3ccccc3nc2N)ccc1Br. The van der Waals surface area contributed by atoms with Crippen LogP contribution in [0.5, 0.6) is 0 Å². The summed E-state index contributed by atoms with van der Waals surface area (Å²) in [6, 6.07) is 13.6. The van der Waals surface area contributed by atoms with Crippen molar-refractivity contribution in [1.82, 2.24) is 9.97 Å². The lowest BCUT2D eigenvalue weighted by atomic mass is 10.2. The predicted octanol–water partition coefficient (Wildman–Crippen LogP) is 4.03. The van der Waals surface area contributed by atoms with E-state index in [0.717, 1.165) is 26.8 Å². The third kappa shape index (κ3) is 2.44. The number of aryl methyl sites for hydroxylation is 1. The maximum Gasteiger partial charge on any atom is 0.174 e. The van der Waals surface area contributed by atoms with Crippen molar-refractivity contribution < 1.29 is 0 Å². The third-order valence-electron chi connectivity index (χ3n) is 3.02. The van der Waals surface area contributed by atoms with Crippen molar-refractivity contribution in [2.75, 3.05) is 11.1 Å². The Hall–Kier alpha value is -2.14. The van der Waals surface area contributed by atoms with Gasteiger partial charge in [0.15, 0.2) is 11.6 Å². The third-order valence-corrected chi connectivity index (χ3v) is 3.91. The lowest BCUT2D eigenvalue weighted by Crippen LogP contribution is -2.02. The number of nitrogens with zero attached hydrogens (tertiary/aromatic N) is 2. The van der Waals surface area contributed by atoms with Gasteiger partial charge in [-0.2, -0.15) is 0 Å². The molecule has 20 heavy (non-hydrogen) atoms. The van der Waals surface area contributed by atoms with Crippen LogP contribution >= 0.6 is 15.9 Å². The fraction of sp³-hybridized carbons (Fsp3) is 0.0667. The first-order valence-corrected chi connectivity index (χ1v) is 6.98. The highest BCUT2D eigenvalue weighted by atomic mass is 79.9. The summed E-state index contributed by atoms with van der Waals surface area (Å²) >= 11 is 3.48. The molecule has 0 aliphatic heterocycles. The van der Waals surface area contributed by atoms with Gasteiger partial charge < -0.3 is 11.1 Å². The molecule has 0 saturated carbocycles. The molecule has 0 amide bonds. The Bertz CT molecular complexity index is 786. The van der Waals surface area contributed by atoms with Gasteiger partial charge in [-0.15, -0.1) is 0 Å². The van der Waals surface area contributed by atoms with E-state index >= 15 is 0 Å². The Labute approximate surface area is 125 Å². The maximum atomic E-state index is 5.96. The number of nitrogens with one attached hydrogen (secondary N) is 1. The molecular weight excluding hydrogens is 316 g/mol. The molecule has 2 aromatic carbocycles. The van der Waals surface area contributed by atoms with Crippen LogP contribution in [-0.2, 0) is 0 Å². The fourth-order valence-corrected chi connectivity index (χ4v) is 2.21. The molecule has 0 aliphatic carbocycles. The molecule has 5 heteroatoms. The highest BCUT2D eigenvalue weighted by molar-refractivity contribution is 9.10. The molecule has 0 spiro atoms. The van der Waals surface area contributed by atoms with Crippen LogP contribution in [0.25, 0.3) is 11.0 Å². The molecule has 0 fully saturated rings. The zero-order chi connectivity index (χ0) is 14.1. The smallest absolute Gasteiger partial charge is 0.174 e. The summed E-state index contributed by atoms with van der Waals surface area (Å²) in [6.45, 7) is 2.03. The van der Waals surface area contributed by atoms with Gasteiger partial charge in [-0.1, -0.05) is 28.1 Å². The molecule has 100 valence electrons. The lowest BCUT2D eigenvalue weighted by molar-refractivity contribution is 1.28. The zero-order valence-corrected chi connectivity index (χ0v) is 12.5. The van der Waals surface area contributed by atoms with Gasteiger partial charge in [-0.3, -0.25) is 0 Å². The van der Waals surface area contributed by atoms with E-state index in [1.165, 1.54) is 0 Å². The van der Waals surface area contributed by atoms with E-state index in [2.05, 4.69) is 31.2 Å². The van der Waals surface area contributed by atoms with E-state index < -0.39 is 0 Å². The molecule has 0 radical (unpaired) electrons. The number of halogens is 1. The Morgan fingerprint density at radius 3 is 2.45 bits per heavy atom. The Morgan fingerprint density at radius 2 is 1.75 bits per heavy atom. The van der Waals surface area contributed by atoms with Crippen LogP contribution in [0.2, 0.25) is 0 Å². The summed E-state index contributed by atoms with van der Waals surface area (Å²) in [5.41, 5.74) is 9.64. The lowest BCUT2D eigenvalue weighted by Gasteiger charge is -2.10. The summed E-state index contributed by atoms with van der Waals surface area (Å²) in [4.78, 5) is 8.87. The van der Waals surface area contributed by atoms with Gasteiger partial charge in [-0.05, 0) is 42.8 Å². The van der Waals surface area contributed by atoms with Gasteiger partial charge in [0.2, 0.25) is 0 Å². The van der Waals surface area contributed by atoms with Crippen LogP contribution in [0.1, 0.15) is 5.56 Å². The maximum absolute atomic E-state index is 5.96. The number of nitrogen functional groups attached to an aromatic ring is 1. The fourth-order valence-electron chi connectivity index (χ4n) is 1.96. The van der Waals surface area contributed by atoms with Gasteiger partial charge >= 0.3 is 0 Å². The van der Waals surface area contributed by atoms with Gasteiger partial charge in [-0.25, -0.2) is 9.97 Å². The van der Waals surface area contributed by atoms with E-state index in [1.54, 1.807) is 0 Å². The first-order chi connectivity index (χ1) is 9.63. The topological polar surface area (TPSA) is 63.8 Å². The molecule has 4 nitrogen and oxygen atoms in total. The van der Waals surface area contributed by atoms with Crippen LogP contribution in [0.4, 0.5) is 17.3 Å². The van der Waals surface area contributed by atoms with Crippen LogP contribution in [0, 0.1) is 6.92 Å². The first kappa shape index (κ1) is 12.9. The van der Waals surface area contributed by atoms with Crippen LogP contribution in [0.15, 0.2) is 46.9 Å². The van der Waals surface area contributed by atoms with Gasteiger partial charge in [0.25, 0.3) is 0 Å². The summed E-state index contributed by atoms with van der Waals surface area (Å²) in [5.74, 6) is 0.967. The number of para-hydroxylation sites is 2. The number of rotatable bonds is 2. The minimum Gasteiger partial charge on any atom is -0.381 e. The standard InChI is InChI=1S/C15H13BrN4/c1-9-8-10(6-7-11(9)16)18-15-14(17)19-12-4-2-3-5-13(12)20-15/h2-8H,1H3,(H2,17,19)(H,18,20). The Morgan fingerprint density at radius 1 is 1.05 bits per heavy atom. The van der Waals surface area contributed by atoms with E-state index in [9.17, 15) is 0 Å². The van der Waals surface area contributed by atoms with Crippen molar-refractivity contribution in [2.45, 2.75) is 6.92 Å². The van der Waals surface area contributed by atoms with Gasteiger partial charge in [0.05, 0.1) is 11.0 Å². The number of hydrogen-bond donors (Lipinski definition) is 2. The average Bonchev–Trinajstić information content (AvgIpc) is 2.44. The molecule has 3 rings (SSSR count). The number of aromatic nitrogens is 2. The molecule has 1 aromatic heterocycles. The highest BCUT2D eigenvalue weighted by Crippen LogP contribution is 2.25. The first-order valence-electron chi connectivity index (χ1n) is 6.19. The minimum atomic E-state index is 0.393. The van der Waals surface area contributed by atoms with Gasteiger partial charge in [0.1, 0.15) is 0 Å². The van der Waals surface area contributed by atoms with Crippen LogP contribution in [-0.4, -0.2) is 9.97 Å². The Balaban J connectivity index is 2.01. The number of nitrogens with two attached hydrogens (primary N) is 1. The van der Waals surface area contributed by atoms with Crippen molar-refractivity contribution in [2.24, 2.45) is 0 Å².